The smallest absolute Gasteiger partial charge is 0.243 e. The van der Waals surface area contributed by atoms with E-state index in [9.17, 15) is 13.2 Å². The van der Waals surface area contributed by atoms with Crippen molar-refractivity contribution in [2.45, 2.75) is 38.5 Å². The second-order valence-corrected chi connectivity index (χ2v) is 10.3. The molecule has 0 unspecified atom stereocenters. The van der Waals surface area contributed by atoms with Crippen LogP contribution in [0.15, 0.2) is 47.4 Å². The lowest BCUT2D eigenvalue weighted by Crippen LogP contribution is -2.50. The predicted molar refractivity (Wildman–Crippen MR) is 124 cm³/mol. The zero-order chi connectivity index (χ0) is 22.6. The van der Waals surface area contributed by atoms with Crippen LogP contribution in [0.2, 0.25) is 0 Å². The number of aryl methyl sites for hydroxylation is 3. The van der Waals surface area contributed by atoms with Gasteiger partial charge in [0.25, 0.3) is 0 Å². The highest BCUT2D eigenvalue weighted by molar-refractivity contribution is 7.89. The van der Waals surface area contributed by atoms with Gasteiger partial charge in [0.1, 0.15) is 0 Å². The van der Waals surface area contributed by atoms with Gasteiger partial charge >= 0.3 is 0 Å². The largest absolute Gasteiger partial charge is 0.339 e. The highest BCUT2D eigenvalue weighted by Gasteiger charge is 2.31. The van der Waals surface area contributed by atoms with Crippen molar-refractivity contribution in [2.24, 2.45) is 0 Å². The van der Waals surface area contributed by atoms with Gasteiger partial charge in [0, 0.05) is 32.7 Å². The lowest BCUT2D eigenvalue weighted by atomic mass is 10.0. The van der Waals surface area contributed by atoms with Gasteiger partial charge in [-0.3, -0.25) is 4.79 Å². The standard InChI is InChI=1S/C24H33N3O3S/c1-18-14-20(3)23(15-19(18)2)31(29,30)27(16-21(4)22-8-6-5-7-9-22)17-24(28)26-12-10-25-11-13-26/h5-9,14-15,21,25H,10-13,16-17H2,1-4H3/t21-/m0/s1. The van der Waals surface area contributed by atoms with Crippen LogP contribution in [-0.2, 0) is 14.8 Å². The molecule has 1 N–H and O–H groups in total. The lowest BCUT2D eigenvalue weighted by molar-refractivity contribution is -0.132. The Hall–Kier alpha value is -2.22. The molecule has 6 nitrogen and oxygen atoms in total. The Morgan fingerprint density at radius 2 is 1.65 bits per heavy atom. The minimum absolute atomic E-state index is 0.0429. The van der Waals surface area contributed by atoms with Crippen molar-refractivity contribution < 1.29 is 13.2 Å². The van der Waals surface area contributed by atoms with Crippen LogP contribution in [-0.4, -0.2) is 62.8 Å². The number of rotatable bonds is 7. The molecular formula is C24H33N3O3S. The first-order chi connectivity index (χ1) is 14.7. The van der Waals surface area contributed by atoms with Crippen LogP contribution >= 0.6 is 0 Å². The van der Waals surface area contributed by atoms with Gasteiger partial charge in [0.2, 0.25) is 15.9 Å². The molecule has 0 aromatic heterocycles. The zero-order valence-electron chi connectivity index (χ0n) is 18.9. The van der Waals surface area contributed by atoms with E-state index in [-0.39, 0.29) is 29.8 Å². The van der Waals surface area contributed by atoms with Gasteiger partial charge in [-0.2, -0.15) is 4.31 Å². The molecule has 0 bridgehead atoms. The molecule has 1 amide bonds. The maximum Gasteiger partial charge on any atom is 0.243 e. The number of benzene rings is 2. The van der Waals surface area contributed by atoms with Crippen LogP contribution in [0.1, 0.15) is 35.1 Å². The Bertz CT molecular complexity index is 1020. The van der Waals surface area contributed by atoms with Crippen LogP contribution in [0, 0.1) is 20.8 Å². The molecule has 1 atom stereocenters. The summed E-state index contributed by atoms with van der Waals surface area (Å²) < 4.78 is 28.9. The third kappa shape index (κ3) is 5.53. The number of nitrogens with zero attached hydrogens (tertiary/aromatic N) is 2. The number of carbonyl (C=O) groups is 1. The number of carbonyl (C=O) groups excluding carboxylic acids is 1. The summed E-state index contributed by atoms with van der Waals surface area (Å²) in [5.41, 5.74) is 3.73. The van der Waals surface area contributed by atoms with E-state index in [1.54, 1.807) is 11.0 Å². The van der Waals surface area contributed by atoms with Gasteiger partial charge in [-0.25, -0.2) is 8.42 Å². The van der Waals surface area contributed by atoms with E-state index in [1.807, 2.05) is 64.1 Å². The fraction of sp³-hybridized carbons (Fsp3) is 0.458. The van der Waals surface area contributed by atoms with Crippen molar-refractivity contribution in [3.8, 4) is 0 Å². The Kier molecular flexibility index (Phi) is 7.51. The van der Waals surface area contributed by atoms with Gasteiger partial charge in [-0.15, -0.1) is 0 Å². The Balaban J connectivity index is 1.93. The average molecular weight is 444 g/mol. The monoisotopic (exact) mass is 443 g/mol. The van der Waals surface area contributed by atoms with Gasteiger partial charge in [0.05, 0.1) is 11.4 Å². The third-order valence-corrected chi connectivity index (χ3v) is 7.99. The summed E-state index contributed by atoms with van der Waals surface area (Å²) in [6.45, 7) is 10.5. The summed E-state index contributed by atoms with van der Waals surface area (Å²) in [5, 5.41) is 3.23. The van der Waals surface area contributed by atoms with E-state index in [0.29, 0.717) is 18.7 Å². The number of hydrogen-bond donors (Lipinski definition) is 1. The van der Waals surface area contributed by atoms with Gasteiger partial charge in [-0.05, 0) is 55.0 Å². The summed E-state index contributed by atoms with van der Waals surface area (Å²) in [4.78, 5) is 15.0. The van der Waals surface area contributed by atoms with E-state index in [1.165, 1.54) is 4.31 Å². The van der Waals surface area contributed by atoms with E-state index < -0.39 is 10.0 Å². The highest BCUT2D eigenvalue weighted by Crippen LogP contribution is 2.26. The molecule has 0 spiro atoms. The molecule has 1 saturated heterocycles. The van der Waals surface area contributed by atoms with Crippen LogP contribution in [0.25, 0.3) is 0 Å². The normalized spacial score (nSPS) is 15.8. The van der Waals surface area contributed by atoms with Gasteiger partial charge in [-0.1, -0.05) is 43.3 Å². The fourth-order valence-corrected chi connectivity index (χ4v) is 5.73. The molecular weight excluding hydrogens is 410 g/mol. The molecule has 1 aliphatic heterocycles. The van der Waals surface area contributed by atoms with E-state index >= 15 is 0 Å². The molecule has 2 aromatic carbocycles. The van der Waals surface area contributed by atoms with Crippen molar-refractivity contribution in [3.63, 3.8) is 0 Å². The minimum Gasteiger partial charge on any atom is -0.339 e. The fourth-order valence-electron chi connectivity index (χ4n) is 3.96. The second-order valence-electron chi connectivity index (χ2n) is 8.44. The quantitative estimate of drug-likeness (QED) is 0.714. The number of amides is 1. The average Bonchev–Trinajstić information content (AvgIpc) is 2.76. The highest BCUT2D eigenvalue weighted by atomic mass is 32.2. The van der Waals surface area contributed by atoms with Crippen LogP contribution in [0.4, 0.5) is 0 Å². The van der Waals surface area contributed by atoms with Crippen molar-refractivity contribution in [3.05, 3.63) is 64.7 Å². The van der Waals surface area contributed by atoms with Gasteiger partial charge < -0.3 is 10.2 Å². The van der Waals surface area contributed by atoms with E-state index in [2.05, 4.69) is 5.32 Å². The number of sulfonamides is 1. The summed E-state index contributed by atoms with van der Waals surface area (Å²) in [5.74, 6) is -0.189. The first kappa shape index (κ1) is 23.4. The Labute approximate surface area is 186 Å². The Morgan fingerprint density at radius 1 is 1.03 bits per heavy atom. The molecule has 3 rings (SSSR count). The molecule has 1 fully saturated rings. The molecule has 7 heteroatoms. The molecule has 1 aliphatic rings. The summed E-state index contributed by atoms with van der Waals surface area (Å²) in [6, 6.07) is 13.5. The SMILES string of the molecule is Cc1cc(C)c(S(=O)(=O)N(CC(=O)N2CCNCC2)C[C@H](C)c2ccccc2)cc1C. The summed E-state index contributed by atoms with van der Waals surface area (Å²) in [7, 11) is -3.84. The number of nitrogens with one attached hydrogen (secondary N) is 1. The van der Waals surface area contributed by atoms with Crippen molar-refractivity contribution >= 4 is 15.9 Å². The zero-order valence-corrected chi connectivity index (χ0v) is 19.7. The van der Waals surface area contributed by atoms with E-state index in [0.717, 1.165) is 29.8 Å². The van der Waals surface area contributed by atoms with Crippen LogP contribution in [0.3, 0.4) is 0 Å². The van der Waals surface area contributed by atoms with Crippen molar-refractivity contribution in [1.29, 1.82) is 0 Å². The molecule has 2 aromatic rings. The lowest BCUT2D eigenvalue weighted by Gasteiger charge is -2.31. The maximum atomic E-state index is 13.7. The van der Waals surface area contributed by atoms with Gasteiger partial charge in [0.15, 0.2) is 0 Å². The molecule has 0 saturated carbocycles. The summed E-state index contributed by atoms with van der Waals surface area (Å²) in [6.07, 6.45) is 0. The molecule has 0 radical (unpaired) electrons. The summed E-state index contributed by atoms with van der Waals surface area (Å²) >= 11 is 0. The topological polar surface area (TPSA) is 69.7 Å². The van der Waals surface area contributed by atoms with Crippen LogP contribution < -0.4 is 5.32 Å². The predicted octanol–water partition coefficient (Wildman–Crippen LogP) is 2.84. The van der Waals surface area contributed by atoms with Crippen molar-refractivity contribution in [1.82, 2.24) is 14.5 Å². The van der Waals surface area contributed by atoms with Crippen molar-refractivity contribution in [2.75, 3.05) is 39.3 Å². The molecule has 1 heterocycles. The second kappa shape index (κ2) is 9.94. The molecule has 168 valence electrons. The van der Waals surface area contributed by atoms with Crippen LogP contribution in [0.5, 0.6) is 0 Å². The maximum absolute atomic E-state index is 13.7. The molecule has 0 aliphatic carbocycles. The first-order valence-corrected chi connectivity index (χ1v) is 12.3. The number of hydrogen-bond acceptors (Lipinski definition) is 4. The third-order valence-electron chi connectivity index (χ3n) is 6.04. The Morgan fingerprint density at radius 3 is 2.29 bits per heavy atom. The number of piperazine rings is 1. The first-order valence-electron chi connectivity index (χ1n) is 10.8. The minimum atomic E-state index is -3.84. The van der Waals surface area contributed by atoms with E-state index in [4.69, 9.17) is 0 Å². The molecule has 31 heavy (non-hydrogen) atoms.